The number of rotatable bonds is 7. The number of carbonyl (C=O) groups excluding carboxylic acids is 1. The van der Waals surface area contributed by atoms with Crippen LogP contribution >= 0.6 is 0 Å². The van der Waals surface area contributed by atoms with Gasteiger partial charge >= 0.3 is 0 Å². The summed E-state index contributed by atoms with van der Waals surface area (Å²) in [6.45, 7) is 8.34. The van der Waals surface area contributed by atoms with E-state index in [1.54, 1.807) is 4.68 Å². The van der Waals surface area contributed by atoms with E-state index in [2.05, 4.69) is 44.8 Å². The van der Waals surface area contributed by atoms with Gasteiger partial charge in [0.1, 0.15) is 0 Å². The van der Waals surface area contributed by atoms with Gasteiger partial charge in [-0.1, -0.05) is 47.7 Å². The van der Waals surface area contributed by atoms with Gasteiger partial charge in [-0.05, 0) is 43.5 Å². The summed E-state index contributed by atoms with van der Waals surface area (Å²) in [6.07, 6.45) is 0.889. The lowest BCUT2D eigenvalue weighted by Gasteiger charge is -2.27. The molecule has 1 atom stereocenters. The van der Waals surface area contributed by atoms with Crippen LogP contribution in [0.2, 0.25) is 0 Å². The maximum Gasteiger partial charge on any atom is 0.273 e. The van der Waals surface area contributed by atoms with Gasteiger partial charge in [-0.3, -0.25) is 9.69 Å². The van der Waals surface area contributed by atoms with E-state index < -0.39 is 0 Å². The normalized spacial score (nSPS) is 15.5. The predicted octanol–water partition coefficient (Wildman–Crippen LogP) is 3.08. The molecule has 3 aromatic rings. The summed E-state index contributed by atoms with van der Waals surface area (Å²) >= 11 is 0. The molecule has 7 nitrogen and oxygen atoms in total. The summed E-state index contributed by atoms with van der Waals surface area (Å²) in [6, 6.07) is 18.4. The van der Waals surface area contributed by atoms with Gasteiger partial charge in [-0.25, -0.2) is 4.68 Å². The first-order valence-corrected chi connectivity index (χ1v) is 10.8. The van der Waals surface area contributed by atoms with Crippen LogP contribution in [0.4, 0.5) is 0 Å². The predicted molar refractivity (Wildman–Crippen MR) is 120 cm³/mol. The number of amides is 1. The van der Waals surface area contributed by atoms with Crippen molar-refractivity contribution < 1.29 is 9.53 Å². The molecule has 1 aromatic heterocycles. The van der Waals surface area contributed by atoms with Gasteiger partial charge < -0.3 is 10.1 Å². The van der Waals surface area contributed by atoms with Gasteiger partial charge in [0, 0.05) is 25.7 Å². The third-order valence-corrected chi connectivity index (χ3v) is 5.69. The van der Waals surface area contributed by atoms with Crippen molar-refractivity contribution in [3.05, 3.63) is 66.0 Å². The highest BCUT2D eigenvalue weighted by atomic mass is 16.5. The molecule has 7 heteroatoms. The molecule has 0 saturated carbocycles. The Labute approximate surface area is 183 Å². The number of ether oxygens (including phenoxy) is 1. The maximum absolute atomic E-state index is 12.8. The molecule has 4 rings (SSSR count). The molecule has 0 bridgehead atoms. The first-order chi connectivity index (χ1) is 15.1. The van der Waals surface area contributed by atoms with Crippen molar-refractivity contribution in [1.29, 1.82) is 0 Å². The number of nitrogens with one attached hydrogen (secondary N) is 1. The Balaban J connectivity index is 1.38. The van der Waals surface area contributed by atoms with Gasteiger partial charge in [0.2, 0.25) is 0 Å². The van der Waals surface area contributed by atoms with E-state index in [4.69, 9.17) is 4.74 Å². The van der Waals surface area contributed by atoms with E-state index in [1.807, 2.05) is 44.2 Å². The quantitative estimate of drug-likeness (QED) is 0.637. The smallest absolute Gasteiger partial charge is 0.273 e. The van der Waals surface area contributed by atoms with Crippen LogP contribution in [-0.4, -0.2) is 64.7 Å². The lowest BCUT2D eigenvalue weighted by molar-refractivity contribution is 0.0363. The van der Waals surface area contributed by atoms with E-state index in [1.165, 1.54) is 0 Å². The number of hydrogen-bond donors (Lipinski definition) is 1. The van der Waals surface area contributed by atoms with Crippen LogP contribution in [0.25, 0.3) is 16.8 Å². The molecule has 0 radical (unpaired) electrons. The molecule has 1 unspecified atom stereocenters. The first kappa shape index (κ1) is 21.2. The molecule has 1 saturated heterocycles. The highest BCUT2D eigenvalue weighted by Crippen LogP contribution is 2.21. The summed E-state index contributed by atoms with van der Waals surface area (Å²) in [5.74, 6) is -0.181. The molecule has 1 aliphatic rings. The van der Waals surface area contributed by atoms with Gasteiger partial charge in [0.15, 0.2) is 5.69 Å². The summed E-state index contributed by atoms with van der Waals surface area (Å²) in [5, 5.41) is 11.4. The van der Waals surface area contributed by atoms with Crippen LogP contribution in [0.1, 0.15) is 29.5 Å². The molecular weight excluding hydrogens is 390 g/mol. The van der Waals surface area contributed by atoms with E-state index in [9.17, 15) is 4.79 Å². The Hall–Kier alpha value is -3.03. The van der Waals surface area contributed by atoms with E-state index in [0.717, 1.165) is 61.8 Å². The van der Waals surface area contributed by atoms with Gasteiger partial charge in [-0.15, -0.1) is 5.10 Å². The molecule has 31 heavy (non-hydrogen) atoms. The van der Waals surface area contributed by atoms with E-state index in [-0.39, 0.29) is 11.9 Å². The van der Waals surface area contributed by atoms with E-state index >= 15 is 0 Å². The molecule has 1 N–H and O–H groups in total. The highest BCUT2D eigenvalue weighted by Gasteiger charge is 2.20. The fourth-order valence-corrected chi connectivity index (χ4v) is 3.78. The van der Waals surface area contributed by atoms with Crippen LogP contribution in [-0.2, 0) is 4.74 Å². The van der Waals surface area contributed by atoms with Crippen LogP contribution in [0.3, 0.4) is 0 Å². The molecule has 1 amide bonds. The van der Waals surface area contributed by atoms with Gasteiger partial charge in [0.05, 0.1) is 24.6 Å². The summed E-state index contributed by atoms with van der Waals surface area (Å²) < 4.78 is 7.09. The average Bonchev–Trinajstić information content (AvgIpc) is 3.20. The van der Waals surface area contributed by atoms with Gasteiger partial charge in [-0.2, -0.15) is 0 Å². The second-order valence-electron chi connectivity index (χ2n) is 7.97. The van der Waals surface area contributed by atoms with Crippen molar-refractivity contribution >= 4 is 5.91 Å². The minimum atomic E-state index is -0.181. The summed E-state index contributed by atoms with van der Waals surface area (Å²) in [5.41, 5.74) is 4.27. The first-order valence-electron chi connectivity index (χ1n) is 10.8. The van der Waals surface area contributed by atoms with Crippen molar-refractivity contribution in [1.82, 2.24) is 25.2 Å². The molecule has 1 fully saturated rings. The lowest BCUT2D eigenvalue weighted by atomic mass is 10.1. The Kier molecular flexibility index (Phi) is 6.74. The highest BCUT2D eigenvalue weighted by molar-refractivity contribution is 5.93. The van der Waals surface area contributed by atoms with Crippen molar-refractivity contribution in [3.8, 4) is 16.8 Å². The number of carbonyl (C=O) groups is 1. The van der Waals surface area contributed by atoms with E-state index in [0.29, 0.717) is 5.69 Å². The molecule has 0 aliphatic carbocycles. The zero-order chi connectivity index (χ0) is 21.6. The number of nitrogens with zero attached hydrogens (tertiary/aromatic N) is 4. The van der Waals surface area contributed by atoms with Crippen molar-refractivity contribution in [2.24, 2.45) is 0 Å². The molecule has 2 aromatic carbocycles. The van der Waals surface area contributed by atoms with Crippen LogP contribution in [0.5, 0.6) is 0 Å². The lowest BCUT2D eigenvalue weighted by Crippen LogP contribution is -2.40. The average molecular weight is 420 g/mol. The summed E-state index contributed by atoms with van der Waals surface area (Å²) in [4.78, 5) is 15.1. The third-order valence-electron chi connectivity index (χ3n) is 5.69. The fourth-order valence-electron chi connectivity index (χ4n) is 3.78. The molecule has 2 heterocycles. The van der Waals surface area contributed by atoms with Crippen LogP contribution in [0, 0.1) is 6.92 Å². The number of hydrogen-bond acceptors (Lipinski definition) is 5. The largest absolute Gasteiger partial charge is 0.379 e. The van der Waals surface area contributed by atoms with Crippen molar-refractivity contribution in [2.45, 2.75) is 26.3 Å². The maximum atomic E-state index is 12.8. The fraction of sp³-hybridized carbons (Fsp3) is 0.375. The summed E-state index contributed by atoms with van der Waals surface area (Å²) in [7, 11) is 0. The SMILES string of the molecule is Cc1c(C(=O)NC(C)CCN2CCOCC2)nnn1-c1ccc(-c2ccccc2)cc1. The standard InChI is InChI=1S/C24H29N5O2/c1-18(12-13-28-14-16-31-17-15-28)25-24(30)23-19(2)29(27-26-23)22-10-8-21(9-11-22)20-6-4-3-5-7-20/h3-11,18H,12-17H2,1-2H3,(H,25,30). The monoisotopic (exact) mass is 419 g/mol. The van der Waals surface area contributed by atoms with Crippen molar-refractivity contribution in [3.63, 3.8) is 0 Å². The minimum Gasteiger partial charge on any atom is -0.379 e. The minimum absolute atomic E-state index is 0.0602. The number of morpholine rings is 1. The Morgan fingerprint density at radius 2 is 1.74 bits per heavy atom. The van der Waals surface area contributed by atoms with Crippen LogP contribution < -0.4 is 5.32 Å². The number of benzene rings is 2. The number of aromatic nitrogens is 3. The zero-order valence-electron chi connectivity index (χ0n) is 18.1. The Bertz CT molecular complexity index is 995. The second kappa shape index (κ2) is 9.85. The molecule has 0 spiro atoms. The van der Waals surface area contributed by atoms with Crippen molar-refractivity contribution in [2.75, 3.05) is 32.8 Å². The second-order valence-corrected chi connectivity index (χ2v) is 7.97. The Morgan fingerprint density at radius 3 is 2.45 bits per heavy atom. The Morgan fingerprint density at radius 1 is 1.06 bits per heavy atom. The molecule has 1 aliphatic heterocycles. The van der Waals surface area contributed by atoms with Crippen LogP contribution in [0.15, 0.2) is 54.6 Å². The topological polar surface area (TPSA) is 72.3 Å². The van der Waals surface area contributed by atoms with Gasteiger partial charge in [0.25, 0.3) is 5.91 Å². The molecular formula is C24H29N5O2. The third kappa shape index (κ3) is 5.18. The molecule has 162 valence electrons. The zero-order valence-corrected chi connectivity index (χ0v) is 18.1.